The number of nitrogens with two attached hydrogens (primary N) is 1. The number of hydrogen-bond donors (Lipinski definition) is 2. The van der Waals surface area contributed by atoms with Crippen molar-refractivity contribution in [3.8, 4) is 0 Å². The molecule has 1 aliphatic heterocycles. The van der Waals surface area contributed by atoms with Gasteiger partial charge in [0, 0.05) is 31.0 Å². The van der Waals surface area contributed by atoms with Crippen LogP contribution in [0.4, 0.5) is 11.4 Å². The Labute approximate surface area is 109 Å². The summed E-state index contributed by atoms with van der Waals surface area (Å²) in [7, 11) is 0. The SMILES string of the molecule is Cc1ccc(NCCCN2CCOCC2)cc1N. The predicted octanol–water partition coefficient (Wildman–Crippen LogP) is 1.71. The van der Waals surface area contributed by atoms with E-state index in [-0.39, 0.29) is 0 Å². The molecule has 1 fully saturated rings. The molecule has 1 aromatic rings. The predicted molar refractivity (Wildman–Crippen MR) is 76.0 cm³/mol. The number of aryl methyl sites for hydroxylation is 1. The van der Waals surface area contributed by atoms with Crippen molar-refractivity contribution in [2.75, 3.05) is 50.4 Å². The van der Waals surface area contributed by atoms with Gasteiger partial charge in [-0.2, -0.15) is 0 Å². The van der Waals surface area contributed by atoms with Gasteiger partial charge in [0.2, 0.25) is 0 Å². The van der Waals surface area contributed by atoms with Gasteiger partial charge in [-0.3, -0.25) is 4.90 Å². The van der Waals surface area contributed by atoms with E-state index in [0.717, 1.165) is 62.8 Å². The van der Waals surface area contributed by atoms with Gasteiger partial charge in [0.05, 0.1) is 13.2 Å². The first-order valence-electron chi connectivity index (χ1n) is 6.66. The van der Waals surface area contributed by atoms with Crippen LogP contribution in [0, 0.1) is 6.92 Å². The first kappa shape index (κ1) is 13.2. The Morgan fingerprint density at radius 3 is 2.83 bits per heavy atom. The molecule has 1 saturated heterocycles. The second kappa shape index (κ2) is 6.61. The quantitative estimate of drug-likeness (QED) is 0.616. The van der Waals surface area contributed by atoms with E-state index in [9.17, 15) is 0 Å². The lowest BCUT2D eigenvalue weighted by atomic mass is 10.2. The maximum Gasteiger partial charge on any atom is 0.0594 e. The number of morpholine rings is 1. The third-order valence-corrected chi connectivity index (χ3v) is 3.36. The summed E-state index contributed by atoms with van der Waals surface area (Å²) in [5.74, 6) is 0. The molecule has 1 aliphatic rings. The van der Waals surface area contributed by atoms with E-state index in [4.69, 9.17) is 10.5 Å². The number of benzene rings is 1. The molecule has 4 nitrogen and oxygen atoms in total. The molecular weight excluding hydrogens is 226 g/mol. The zero-order valence-electron chi connectivity index (χ0n) is 11.1. The lowest BCUT2D eigenvalue weighted by Crippen LogP contribution is -2.37. The fraction of sp³-hybridized carbons (Fsp3) is 0.571. The molecule has 100 valence electrons. The van der Waals surface area contributed by atoms with Crippen molar-refractivity contribution in [1.29, 1.82) is 0 Å². The normalized spacial score (nSPS) is 16.7. The zero-order valence-corrected chi connectivity index (χ0v) is 11.1. The van der Waals surface area contributed by atoms with Gasteiger partial charge in [-0.1, -0.05) is 6.07 Å². The summed E-state index contributed by atoms with van der Waals surface area (Å²) in [5.41, 5.74) is 8.98. The molecule has 0 radical (unpaired) electrons. The summed E-state index contributed by atoms with van der Waals surface area (Å²) in [6.07, 6.45) is 1.15. The summed E-state index contributed by atoms with van der Waals surface area (Å²) < 4.78 is 5.33. The van der Waals surface area contributed by atoms with Gasteiger partial charge in [0.25, 0.3) is 0 Å². The maximum absolute atomic E-state index is 5.88. The van der Waals surface area contributed by atoms with Crippen molar-refractivity contribution in [1.82, 2.24) is 4.90 Å². The molecule has 4 heteroatoms. The van der Waals surface area contributed by atoms with Gasteiger partial charge in [-0.15, -0.1) is 0 Å². The van der Waals surface area contributed by atoms with E-state index in [0.29, 0.717) is 0 Å². The topological polar surface area (TPSA) is 50.5 Å². The average molecular weight is 249 g/mol. The van der Waals surface area contributed by atoms with E-state index in [1.54, 1.807) is 0 Å². The molecule has 0 saturated carbocycles. The minimum atomic E-state index is 0.855. The minimum Gasteiger partial charge on any atom is -0.398 e. The average Bonchev–Trinajstić information content (AvgIpc) is 2.40. The summed E-state index contributed by atoms with van der Waals surface area (Å²) in [5, 5.41) is 3.41. The van der Waals surface area contributed by atoms with Crippen molar-refractivity contribution >= 4 is 11.4 Å². The zero-order chi connectivity index (χ0) is 12.8. The fourth-order valence-electron chi connectivity index (χ4n) is 2.11. The van der Waals surface area contributed by atoms with Crippen LogP contribution in [0.2, 0.25) is 0 Å². The standard InChI is InChI=1S/C14H23N3O/c1-12-3-4-13(11-14(12)15)16-5-2-6-17-7-9-18-10-8-17/h3-4,11,16H,2,5-10,15H2,1H3. The van der Waals surface area contributed by atoms with Crippen LogP contribution in [0.5, 0.6) is 0 Å². The van der Waals surface area contributed by atoms with E-state index in [1.807, 2.05) is 13.0 Å². The van der Waals surface area contributed by atoms with Crippen molar-refractivity contribution in [2.45, 2.75) is 13.3 Å². The first-order valence-corrected chi connectivity index (χ1v) is 6.66. The molecule has 0 unspecified atom stereocenters. The molecule has 2 rings (SSSR count). The largest absolute Gasteiger partial charge is 0.398 e. The second-order valence-corrected chi connectivity index (χ2v) is 4.81. The molecule has 0 amide bonds. The number of ether oxygens (including phenoxy) is 1. The van der Waals surface area contributed by atoms with Crippen LogP contribution in [0.1, 0.15) is 12.0 Å². The summed E-state index contributed by atoms with van der Waals surface area (Å²) in [6, 6.07) is 6.14. The van der Waals surface area contributed by atoms with Crippen LogP contribution in [0.3, 0.4) is 0 Å². The highest BCUT2D eigenvalue weighted by atomic mass is 16.5. The fourth-order valence-corrected chi connectivity index (χ4v) is 2.11. The Hall–Kier alpha value is -1.26. The number of hydrogen-bond acceptors (Lipinski definition) is 4. The Kier molecular flexibility index (Phi) is 4.84. The van der Waals surface area contributed by atoms with Crippen molar-refractivity contribution in [3.05, 3.63) is 23.8 Å². The van der Waals surface area contributed by atoms with Crippen LogP contribution in [0.15, 0.2) is 18.2 Å². The third-order valence-electron chi connectivity index (χ3n) is 3.36. The smallest absolute Gasteiger partial charge is 0.0594 e. The molecule has 0 aliphatic carbocycles. The van der Waals surface area contributed by atoms with E-state index in [2.05, 4.69) is 22.3 Å². The molecule has 0 aromatic heterocycles. The molecule has 3 N–H and O–H groups in total. The van der Waals surface area contributed by atoms with Crippen LogP contribution < -0.4 is 11.1 Å². The Bertz CT molecular complexity index is 375. The molecule has 18 heavy (non-hydrogen) atoms. The molecule has 0 bridgehead atoms. The number of rotatable bonds is 5. The lowest BCUT2D eigenvalue weighted by Gasteiger charge is -2.26. The Morgan fingerprint density at radius 2 is 2.11 bits per heavy atom. The van der Waals surface area contributed by atoms with Crippen molar-refractivity contribution < 1.29 is 4.74 Å². The van der Waals surface area contributed by atoms with Crippen LogP contribution in [-0.2, 0) is 4.74 Å². The van der Waals surface area contributed by atoms with Gasteiger partial charge in [0.15, 0.2) is 0 Å². The number of anilines is 2. The Balaban J connectivity index is 1.66. The first-order chi connectivity index (χ1) is 8.75. The highest BCUT2D eigenvalue weighted by molar-refractivity contribution is 5.58. The van der Waals surface area contributed by atoms with Gasteiger partial charge in [-0.05, 0) is 37.6 Å². The van der Waals surface area contributed by atoms with Crippen LogP contribution in [-0.4, -0.2) is 44.3 Å². The Morgan fingerprint density at radius 1 is 1.33 bits per heavy atom. The molecule has 1 heterocycles. The highest BCUT2D eigenvalue weighted by Gasteiger charge is 2.08. The van der Waals surface area contributed by atoms with Crippen molar-refractivity contribution in [3.63, 3.8) is 0 Å². The molecule has 0 spiro atoms. The van der Waals surface area contributed by atoms with Crippen LogP contribution in [0.25, 0.3) is 0 Å². The number of nitrogens with one attached hydrogen (secondary N) is 1. The second-order valence-electron chi connectivity index (χ2n) is 4.81. The maximum atomic E-state index is 5.88. The lowest BCUT2D eigenvalue weighted by molar-refractivity contribution is 0.0378. The molecule has 0 atom stereocenters. The van der Waals surface area contributed by atoms with Gasteiger partial charge in [0.1, 0.15) is 0 Å². The van der Waals surface area contributed by atoms with E-state index >= 15 is 0 Å². The third kappa shape index (κ3) is 3.89. The van der Waals surface area contributed by atoms with Crippen LogP contribution >= 0.6 is 0 Å². The van der Waals surface area contributed by atoms with Gasteiger partial charge >= 0.3 is 0 Å². The monoisotopic (exact) mass is 249 g/mol. The highest BCUT2D eigenvalue weighted by Crippen LogP contribution is 2.16. The van der Waals surface area contributed by atoms with Crippen molar-refractivity contribution in [2.24, 2.45) is 0 Å². The number of nitrogens with zero attached hydrogens (tertiary/aromatic N) is 1. The van der Waals surface area contributed by atoms with E-state index < -0.39 is 0 Å². The van der Waals surface area contributed by atoms with Gasteiger partial charge < -0.3 is 15.8 Å². The summed E-state index contributed by atoms with van der Waals surface area (Å²) >= 11 is 0. The summed E-state index contributed by atoms with van der Waals surface area (Å²) in [6.45, 7) is 8.04. The summed E-state index contributed by atoms with van der Waals surface area (Å²) in [4.78, 5) is 2.45. The molecular formula is C14H23N3O. The van der Waals surface area contributed by atoms with Gasteiger partial charge in [-0.25, -0.2) is 0 Å². The minimum absolute atomic E-state index is 0.855. The van der Waals surface area contributed by atoms with E-state index in [1.165, 1.54) is 0 Å². The number of nitrogen functional groups attached to an aromatic ring is 1. The molecule has 1 aromatic carbocycles.